The Morgan fingerprint density at radius 1 is 1.42 bits per heavy atom. The molecule has 2 rings (SSSR count). The van der Waals surface area contributed by atoms with Gasteiger partial charge in [-0.25, -0.2) is 4.39 Å². The fourth-order valence-corrected chi connectivity index (χ4v) is 2.38. The molecule has 1 aliphatic heterocycles. The fourth-order valence-electron chi connectivity index (χ4n) is 2.38. The van der Waals surface area contributed by atoms with Crippen LogP contribution in [-0.2, 0) is 4.79 Å². The molecule has 1 amide bonds. The van der Waals surface area contributed by atoms with Crippen molar-refractivity contribution >= 4 is 17.6 Å². The first-order valence-corrected chi connectivity index (χ1v) is 6.06. The maximum atomic E-state index is 13.2. The largest absolute Gasteiger partial charge is 0.481 e. The molecule has 0 saturated carbocycles. The molecule has 19 heavy (non-hydrogen) atoms. The molecule has 1 saturated heterocycles. The average Bonchev–Trinajstić information content (AvgIpc) is 2.38. The molecule has 102 valence electrons. The highest BCUT2D eigenvalue weighted by molar-refractivity contribution is 5.98. The number of nitrogens with zero attached hydrogens (tertiary/aromatic N) is 1. The second-order valence-electron chi connectivity index (χ2n) is 4.65. The molecule has 1 atom stereocenters. The summed E-state index contributed by atoms with van der Waals surface area (Å²) in [4.78, 5) is 24.2. The standard InChI is InChI=1S/C13H15FN2O3/c14-9-3-4-11(10(6-9)12(15)17)16-5-1-2-8(7-16)13(18)19/h3-4,6,8H,1-2,5,7H2,(H2,15,17)(H,18,19). The Bertz CT molecular complexity index is 519. The predicted octanol–water partition coefficient (Wildman–Crippen LogP) is 1.23. The summed E-state index contributed by atoms with van der Waals surface area (Å²) < 4.78 is 13.2. The molecule has 6 heteroatoms. The number of carboxylic acid groups (broad SMARTS) is 1. The van der Waals surface area contributed by atoms with Crippen LogP contribution in [0.3, 0.4) is 0 Å². The second kappa shape index (κ2) is 5.26. The van der Waals surface area contributed by atoms with Gasteiger partial charge in [0.25, 0.3) is 5.91 Å². The number of nitrogens with two attached hydrogens (primary N) is 1. The Morgan fingerprint density at radius 3 is 2.79 bits per heavy atom. The second-order valence-corrected chi connectivity index (χ2v) is 4.65. The van der Waals surface area contributed by atoms with Gasteiger partial charge in [-0.1, -0.05) is 0 Å². The molecule has 0 aromatic heterocycles. The lowest BCUT2D eigenvalue weighted by molar-refractivity contribution is -0.141. The average molecular weight is 266 g/mol. The molecule has 0 radical (unpaired) electrons. The first-order valence-electron chi connectivity index (χ1n) is 6.06. The van der Waals surface area contributed by atoms with E-state index in [1.165, 1.54) is 12.1 Å². The maximum Gasteiger partial charge on any atom is 0.308 e. The molecule has 1 aromatic rings. The number of piperidine rings is 1. The highest BCUT2D eigenvalue weighted by Gasteiger charge is 2.27. The SMILES string of the molecule is NC(=O)c1cc(F)ccc1N1CCCC(C(=O)O)C1. The van der Waals surface area contributed by atoms with Gasteiger partial charge in [-0.3, -0.25) is 9.59 Å². The summed E-state index contributed by atoms with van der Waals surface area (Å²) in [5, 5.41) is 9.05. The number of hydrogen-bond acceptors (Lipinski definition) is 3. The Kier molecular flexibility index (Phi) is 3.69. The zero-order valence-corrected chi connectivity index (χ0v) is 10.3. The summed E-state index contributed by atoms with van der Waals surface area (Å²) in [5.74, 6) is -2.58. The van der Waals surface area contributed by atoms with Crippen LogP contribution in [-0.4, -0.2) is 30.1 Å². The number of anilines is 1. The van der Waals surface area contributed by atoms with E-state index in [0.29, 0.717) is 31.6 Å². The topological polar surface area (TPSA) is 83.6 Å². The number of hydrogen-bond donors (Lipinski definition) is 2. The van der Waals surface area contributed by atoms with Crippen molar-refractivity contribution in [3.63, 3.8) is 0 Å². The summed E-state index contributed by atoms with van der Waals surface area (Å²) in [6, 6.07) is 3.80. The summed E-state index contributed by atoms with van der Waals surface area (Å²) >= 11 is 0. The lowest BCUT2D eigenvalue weighted by Gasteiger charge is -2.33. The van der Waals surface area contributed by atoms with Crippen LogP contribution < -0.4 is 10.6 Å². The van der Waals surface area contributed by atoms with E-state index < -0.39 is 23.6 Å². The third kappa shape index (κ3) is 2.83. The van der Waals surface area contributed by atoms with Crippen LogP contribution in [0.4, 0.5) is 10.1 Å². The van der Waals surface area contributed by atoms with E-state index in [-0.39, 0.29) is 5.56 Å². The highest BCUT2D eigenvalue weighted by Crippen LogP contribution is 2.27. The number of halogens is 1. The summed E-state index contributed by atoms with van der Waals surface area (Å²) in [5.41, 5.74) is 5.82. The minimum atomic E-state index is -0.854. The molecule has 0 aliphatic carbocycles. The van der Waals surface area contributed by atoms with Crippen LogP contribution in [0, 0.1) is 11.7 Å². The molecule has 5 nitrogen and oxygen atoms in total. The first kappa shape index (κ1) is 13.3. The summed E-state index contributed by atoms with van der Waals surface area (Å²) in [7, 11) is 0. The number of rotatable bonds is 3. The van der Waals surface area contributed by atoms with Crippen molar-refractivity contribution in [3.05, 3.63) is 29.6 Å². The van der Waals surface area contributed by atoms with E-state index in [1.54, 1.807) is 4.90 Å². The van der Waals surface area contributed by atoms with Crippen LogP contribution in [0.25, 0.3) is 0 Å². The molecule has 3 N–H and O–H groups in total. The number of carbonyl (C=O) groups is 2. The van der Waals surface area contributed by atoms with Gasteiger partial charge in [-0.2, -0.15) is 0 Å². The lowest BCUT2D eigenvalue weighted by atomic mass is 9.97. The Balaban J connectivity index is 2.30. The van der Waals surface area contributed by atoms with E-state index in [1.807, 2.05) is 0 Å². The molecule has 0 spiro atoms. The van der Waals surface area contributed by atoms with Gasteiger partial charge in [-0.05, 0) is 31.0 Å². The summed E-state index contributed by atoms with van der Waals surface area (Å²) in [6.45, 7) is 0.941. The molecular formula is C13H15FN2O3. The van der Waals surface area contributed by atoms with Gasteiger partial charge in [0, 0.05) is 18.8 Å². The number of aliphatic carboxylic acids is 1. The van der Waals surface area contributed by atoms with Gasteiger partial charge < -0.3 is 15.7 Å². The van der Waals surface area contributed by atoms with Crippen LogP contribution in [0.1, 0.15) is 23.2 Å². The summed E-state index contributed by atoms with van der Waals surface area (Å²) in [6.07, 6.45) is 1.32. The minimum absolute atomic E-state index is 0.0889. The lowest BCUT2D eigenvalue weighted by Crippen LogP contribution is -2.39. The van der Waals surface area contributed by atoms with Crippen LogP contribution in [0.15, 0.2) is 18.2 Å². The number of amides is 1. The van der Waals surface area contributed by atoms with E-state index >= 15 is 0 Å². The monoisotopic (exact) mass is 266 g/mol. The third-order valence-corrected chi connectivity index (χ3v) is 3.34. The van der Waals surface area contributed by atoms with Crippen molar-refractivity contribution in [3.8, 4) is 0 Å². The number of carbonyl (C=O) groups excluding carboxylic acids is 1. The van der Waals surface area contributed by atoms with Crippen molar-refractivity contribution < 1.29 is 19.1 Å². The van der Waals surface area contributed by atoms with E-state index in [2.05, 4.69) is 0 Å². The van der Waals surface area contributed by atoms with Crippen molar-refractivity contribution in [1.29, 1.82) is 0 Å². The Hall–Kier alpha value is -2.11. The zero-order chi connectivity index (χ0) is 14.0. The molecule has 1 heterocycles. The van der Waals surface area contributed by atoms with Crippen molar-refractivity contribution in [2.75, 3.05) is 18.0 Å². The van der Waals surface area contributed by atoms with Gasteiger partial charge in [0.15, 0.2) is 0 Å². The Morgan fingerprint density at radius 2 is 2.16 bits per heavy atom. The van der Waals surface area contributed by atoms with E-state index in [4.69, 9.17) is 10.8 Å². The van der Waals surface area contributed by atoms with Crippen molar-refractivity contribution in [2.24, 2.45) is 11.7 Å². The highest BCUT2D eigenvalue weighted by atomic mass is 19.1. The number of benzene rings is 1. The van der Waals surface area contributed by atoms with Crippen molar-refractivity contribution in [2.45, 2.75) is 12.8 Å². The number of primary amides is 1. The van der Waals surface area contributed by atoms with E-state index in [0.717, 1.165) is 6.07 Å². The Labute approximate surface area is 109 Å². The predicted molar refractivity (Wildman–Crippen MR) is 67.5 cm³/mol. The molecular weight excluding hydrogens is 251 g/mol. The molecule has 1 fully saturated rings. The smallest absolute Gasteiger partial charge is 0.308 e. The van der Waals surface area contributed by atoms with Gasteiger partial charge in [-0.15, -0.1) is 0 Å². The quantitative estimate of drug-likeness (QED) is 0.861. The van der Waals surface area contributed by atoms with Crippen molar-refractivity contribution in [1.82, 2.24) is 0 Å². The molecule has 0 bridgehead atoms. The fraction of sp³-hybridized carbons (Fsp3) is 0.385. The van der Waals surface area contributed by atoms with Crippen LogP contribution >= 0.6 is 0 Å². The van der Waals surface area contributed by atoms with E-state index in [9.17, 15) is 14.0 Å². The van der Waals surface area contributed by atoms with Gasteiger partial charge in [0.1, 0.15) is 5.82 Å². The molecule has 1 unspecified atom stereocenters. The van der Waals surface area contributed by atoms with Crippen LogP contribution in [0.5, 0.6) is 0 Å². The normalized spacial score (nSPS) is 19.2. The first-order chi connectivity index (χ1) is 8.99. The maximum absolute atomic E-state index is 13.2. The van der Waals surface area contributed by atoms with Gasteiger partial charge in [0.05, 0.1) is 11.5 Å². The van der Waals surface area contributed by atoms with Gasteiger partial charge >= 0.3 is 5.97 Å². The molecule has 1 aromatic carbocycles. The van der Waals surface area contributed by atoms with Crippen LogP contribution in [0.2, 0.25) is 0 Å². The number of carboxylic acids is 1. The van der Waals surface area contributed by atoms with Gasteiger partial charge in [0.2, 0.25) is 0 Å². The zero-order valence-electron chi connectivity index (χ0n) is 10.3. The molecule has 1 aliphatic rings. The minimum Gasteiger partial charge on any atom is -0.481 e. The third-order valence-electron chi connectivity index (χ3n) is 3.34.